The van der Waals surface area contributed by atoms with Gasteiger partial charge in [-0.2, -0.15) is 13.2 Å². The molecule has 4 aromatic rings. The van der Waals surface area contributed by atoms with E-state index in [1.807, 2.05) is 31.2 Å². The van der Waals surface area contributed by atoms with Crippen molar-refractivity contribution in [1.29, 1.82) is 0 Å². The second-order valence-corrected chi connectivity index (χ2v) is 9.03. The van der Waals surface area contributed by atoms with Gasteiger partial charge in [-0.15, -0.1) is 0 Å². The molecule has 40 heavy (non-hydrogen) atoms. The summed E-state index contributed by atoms with van der Waals surface area (Å²) in [6.45, 7) is 2.21. The van der Waals surface area contributed by atoms with Crippen LogP contribution in [0.3, 0.4) is 0 Å². The van der Waals surface area contributed by atoms with Gasteiger partial charge in [-0.1, -0.05) is 54.1 Å². The minimum atomic E-state index is -5.08. The Kier molecular flexibility index (Phi) is 7.26. The third-order valence-electron chi connectivity index (χ3n) is 6.35. The molecule has 0 radical (unpaired) electrons. The molecule has 5 rings (SSSR count). The highest BCUT2D eigenvalue weighted by Crippen LogP contribution is 2.43. The molecule has 0 bridgehead atoms. The van der Waals surface area contributed by atoms with Crippen LogP contribution < -0.4 is 4.90 Å². The molecular weight excluding hydrogens is 533 g/mol. The summed E-state index contributed by atoms with van der Waals surface area (Å²) in [5.74, 6) is -2.85. The number of carbonyl (C=O) groups excluding carboxylic acids is 1. The van der Waals surface area contributed by atoms with Crippen molar-refractivity contribution in [3.05, 3.63) is 94.5 Å². The molecule has 13 heteroatoms. The SMILES string of the molecule is Cc1ccc(CN2C(=O)c3ccccc3C2(O)c2ccc3[nH]c(N(C)C(=O)O)nc3c2)cc1.O=C(O)C(F)(F)F. The molecule has 0 spiro atoms. The van der Waals surface area contributed by atoms with Gasteiger partial charge in [-0.25, -0.2) is 14.6 Å². The number of hydrogen-bond acceptors (Lipinski definition) is 5. The van der Waals surface area contributed by atoms with Crippen LogP contribution in [0.25, 0.3) is 11.0 Å². The van der Waals surface area contributed by atoms with Crippen molar-refractivity contribution in [2.24, 2.45) is 0 Å². The lowest BCUT2D eigenvalue weighted by Crippen LogP contribution is -2.44. The number of alkyl halides is 3. The van der Waals surface area contributed by atoms with Gasteiger partial charge in [0.2, 0.25) is 5.95 Å². The number of H-pyrrole nitrogens is 1. The topological polar surface area (TPSA) is 147 Å². The lowest BCUT2D eigenvalue weighted by molar-refractivity contribution is -0.192. The summed E-state index contributed by atoms with van der Waals surface area (Å²) in [6.07, 6.45) is -6.23. The second-order valence-electron chi connectivity index (χ2n) is 9.03. The summed E-state index contributed by atoms with van der Waals surface area (Å²) in [4.78, 5) is 43.3. The molecule has 1 atom stereocenters. The van der Waals surface area contributed by atoms with E-state index in [0.717, 1.165) is 16.0 Å². The fraction of sp³-hybridized carbons (Fsp3) is 0.185. The highest BCUT2D eigenvalue weighted by molar-refractivity contribution is 6.00. The van der Waals surface area contributed by atoms with E-state index in [1.54, 1.807) is 42.5 Å². The average molecular weight is 556 g/mol. The van der Waals surface area contributed by atoms with E-state index in [9.17, 15) is 33.0 Å². The number of aliphatic hydroxyl groups is 1. The number of aromatic amines is 1. The van der Waals surface area contributed by atoms with Crippen molar-refractivity contribution in [3.63, 3.8) is 0 Å². The van der Waals surface area contributed by atoms with E-state index in [1.165, 1.54) is 11.9 Å². The van der Waals surface area contributed by atoms with E-state index in [4.69, 9.17) is 9.90 Å². The van der Waals surface area contributed by atoms with Gasteiger partial charge in [0.15, 0.2) is 5.72 Å². The van der Waals surface area contributed by atoms with Crippen molar-refractivity contribution in [2.75, 3.05) is 11.9 Å². The van der Waals surface area contributed by atoms with Crippen LogP contribution in [0.5, 0.6) is 0 Å². The number of fused-ring (bicyclic) bond motifs is 2. The number of aliphatic carboxylic acids is 1. The summed E-state index contributed by atoms with van der Waals surface area (Å²) < 4.78 is 31.7. The van der Waals surface area contributed by atoms with Gasteiger partial charge < -0.3 is 20.3 Å². The zero-order valence-corrected chi connectivity index (χ0v) is 21.1. The fourth-order valence-electron chi connectivity index (χ4n) is 4.24. The molecule has 0 aliphatic carbocycles. The van der Waals surface area contributed by atoms with Gasteiger partial charge in [0.1, 0.15) is 0 Å². The number of carboxylic acid groups (broad SMARTS) is 2. The third-order valence-corrected chi connectivity index (χ3v) is 6.35. The Morgan fingerprint density at radius 1 is 1.05 bits per heavy atom. The first kappa shape index (κ1) is 28.1. The first-order chi connectivity index (χ1) is 18.7. The number of halogens is 3. The average Bonchev–Trinajstić information content (AvgIpc) is 3.43. The molecule has 1 unspecified atom stereocenters. The Morgan fingerprint density at radius 3 is 2.27 bits per heavy atom. The molecule has 208 valence electrons. The number of nitrogens with zero attached hydrogens (tertiary/aromatic N) is 3. The standard InChI is InChI=1S/C25H22N4O4.C2HF3O2/c1-15-7-9-16(10-8-15)14-29-22(30)18-5-3-4-6-19(18)25(29,33)17-11-12-20-21(13-17)27-23(26-20)28(2)24(31)32;3-2(4,5)1(6)7/h3-13,33H,14H2,1-2H3,(H,26,27)(H,31,32);(H,6,7). The molecule has 0 saturated carbocycles. The van der Waals surface area contributed by atoms with Gasteiger partial charge in [-0.3, -0.25) is 14.6 Å². The highest BCUT2D eigenvalue weighted by Gasteiger charge is 2.49. The first-order valence-electron chi connectivity index (χ1n) is 11.7. The van der Waals surface area contributed by atoms with Crippen LogP contribution in [0.1, 0.15) is 32.6 Å². The fourth-order valence-corrected chi connectivity index (χ4v) is 4.24. The molecule has 1 aliphatic heterocycles. The zero-order chi connectivity index (χ0) is 29.4. The molecule has 0 saturated heterocycles. The van der Waals surface area contributed by atoms with Crippen molar-refractivity contribution in [3.8, 4) is 0 Å². The summed E-state index contributed by atoms with van der Waals surface area (Å²) in [5, 5.41) is 28.5. The maximum absolute atomic E-state index is 13.4. The number of hydrogen-bond donors (Lipinski definition) is 4. The molecule has 3 aromatic carbocycles. The minimum absolute atomic E-state index is 0.168. The number of aryl methyl sites for hydroxylation is 1. The van der Waals surface area contributed by atoms with E-state index in [0.29, 0.717) is 27.7 Å². The molecular formula is C27H23F3N4O6. The number of amides is 2. The zero-order valence-electron chi connectivity index (χ0n) is 21.1. The number of nitrogens with one attached hydrogen (secondary N) is 1. The summed E-state index contributed by atoms with van der Waals surface area (Å²) >= 11 is 0. The highest BCUT2D eigenvalue weighted by atomic mass is 19.4. The van der Waals surface area contributed by atoms with Gasteiger partial charge in [0.05, 0.1) is 11.0 Å². The number of imidazole rings is 1. The van der Waals surface area contributed by atoms with Crippen LogP contribution in [-0.4, -0.2) is 61.4 Å². The smallest absolute Gasteiger partial charge is 0.475 e. The Labute approximate surface area is 224 Å². The Morgan fingerprint density at radius 2 is 1.68 bits per heavy atom. The normalized spacial score (nSPS) is 16.4. The largest absolute Gasteiger partial charge is 0.490 e. The molecule has 2 heterocycles. The third kappa shape index (κ3) is 5.18. The number of carbonyl (C=O) groups is 3. The van der Waals surface area contributed by atoms with E-state index >= 15 is 0 Å². The Hall–Kier alpha value is -4.91. The maximum atomic E-state index is 13.4. The van der Waals surface area contributed by atoms with E-state index in [2.05, 4.69) is 9.97 Å². The van der Waals surface area contributed by atoms with Gasteiger partial charge >= 0.3 is 18.2 Å². The lowest BCUT2D eigenvalue weighted by Gasteiger charge is -2.35. The van der Waals surface area contributed by atoms with Crippen LogP contribution in [0.2, 0.25) is 0 Å². The summed E-state index contributed by atoms with van der Waals surface area (Å²) in [5.41, 5.74) is 2.81. The molecule has 2 amide bonds. The van der Waals surface area contributed by atoms with Gasteiger partial charge in [0.25, 0.3) is 5.91 Å². The summed E-state index contributed by atoms with van der Waals surface area (Å²) in [6, 6.07) is 20.0. The summed E-state index contributed by atoms with van der Waals surface area (Å²) in [7, 11) is 1.39. The quantitative estimate of drug-likeness (QED) is 0.290. The van der Waals surface area contributed by atoms with Gasteiger partial charge in [0, 0.05) is 30.3 Å². The predicted octanol–water partition coefficient (Wildman–Crippen LogP) is 4.47. The first-order valence-corrected chi connectivity index (χ1v) is 11.7. The molecule has 1 aromatic heterocycles. The number of carboxylic acids is 1. The number of anilines is 1. The molecule has 1 aliphatic rings. The van der Waals surface area contributed by atoms with Crippen LogP contribution in [0.4, 0.5) is 23.9 Å². The van der Waals surface area contributed by atoms with Gasteiger partial charge in [-0.05, 0) is 30.7 Å². The van der Waals surface area contributed by atoms with Crippen molar-refractivity contribution in [1.82, 2.24) is 14.9 Å². The van der Waals surface area contributed by atoms with Crippen molar-refractivity contribution in [2.45, 2.75) is 25.4 Å². The maximum Gasteiger partial charge on any atom is 0.490 e. The lowest BCUT2D eigenvalue weighted by atomic mass is 9.93. The molecule has 10 nitrogen and oxygen atoms in total. The number of rotatable bonds is 4. The Bertz CT molecular complexity index is 1600. The van der Waals surface area contributed by atoms with Crippen LogP contribution in [0.15, 0.2) is 66.7 Å². The van der Waals surface area contributed by atoms with Crippen LogP contribution in [0, 0.1) is 6.92 Å². The Balaban J connectivity index is 0.000000470. The van der Waals surface area contributed by atoms with Crippen LogP contribution in [-0.2, 0) is 17.1 Å². The van der Waals surface area contributed by atoms with Crippen molar-refractivity contribution >= 4 is 35.0 Å². The van der Waals surface area contributed by atoms with E-state index in [-0.39, 0.29) is 18.4 Å². The van der Waals surface area contributed by atoms with Crippen molar-refractivity contribution < 1.29 is 42.9 Å². The van der Waals surface area contributed by atoms with E-state index < -0.39 is 24.0 Å². The number of benzene rings is 3. The van der Waals surface area contributed by atoms with Crippen LogP contribution >= 0.6 is 0 Å². The predicted molar refractivity (Wildman–Crippen MR) is 137 cm³/mol. The molecule has 4 N–H and O–H groups in total. The monoisotopic (exact) mass is 556 g/mol. The minimum Gasteiger partial charge on any atom is -0.475 e. The number of aromatic nitrogens is 2. The molecule has 0 fully saturated rings. The second kappa shape index (κ2) is 10.3.